The summed E-state index contributed by atoms with van der Waals surface area (Å²) in [5.74, 6) is 0.802. The number of hydrogen-bond acceptors (Lipinski definition) is 7. The van der Waals surface area contributed by atoms with Gasteiger partial charge in [-0.3, -0.25) is 9.58 Å². The zero-order valence-corrected chi connectivity index (χ0v) is 22.9. The highest BCUT2D eigenvalue weighted by molar-refractivity contribution is 7.92. The monoisotopic (exact) mass is 532 g/mol. The lowest BCUT2D eigenvalue weighted by Gasteiger charge is -2.32. The molecular formula is C28H32N6O3S. The van der Waals surface area contributed by atoms with E-state index in [0.717, 1.165) is 29.7 Å². The quantitative estimate of drug-likeness (QED) is 0.347. The number of aryl methyl sites for hydroxylation is 3. The van der Waals surface area contributed by atoms with Gasteiger partial charge >= 0.3 is 0 Å². The number of hydrogen-bond donors (Lipinski definition) is 1. The average Bonchev–Trinajstić information content (AvgIpc) is 3.31. The van der Waals surface area contributed by atoms with Crippen LogP contribution in [0.3, 0.4) is 0 Å². The van der Waals surface area contributed by atoms with E-state index in [4.69, 9.17) is 4.74 Å². The first-order valence-corrected chi connectivity index (χ1v) is 14.1. The Morgan fingerprint density at radius 2 is 1.76 bits per heavy atom. The van der Waals surface area contributed by atoms with Crippen LogP contribution in [-0.4, -0.2) is 46.7 Å². The van der Waals surface area contributed by atoms with E-state index in [9.17, 15) is 8.42 Å². The number of nitrogens with zero attached hydrogens (tertiary/aromatic N) is 5. The number of ether oxygens (including phenoxy) is 1. The van der Waals surface area contributed by atoms with Crippen molar-refractivity contribution in [3.63, 3.8) is 0 Å². The number of aromatic nitrogens is 4. The molecule has 0 bridgehead atoms. The predicted octanol–water partition coefficient (Wildman–Crippen LogP) is 5.24. The van der Waals surface area contributed by atoms with Crippen molar-refractivity contribution >= 4 is 16.0 Å². The van der Waals surface area contributed by atoms with Crippen LogP contribution in [0.4, 0.5) is 5.95 Å². The van der Waals surface area contributed by atoms with E-state index in [1.54, 1.807) is 13.1 Å². The molecule has 2 aromatic heterocycles. The molecule has 1 unspecified atom stereocenters. The van der Waals surface area contributed by atoms with E-state index in [0.29, 0.717) is 17.5 Å². The lowest BCUT2D eigenvalue weighted by molar-refractivity contribution is 0.187. The maximum Gasteiger partial charge on any atom is 0.267 e. The van der Waals surface area contributed by atoms with Crippen molar-refractivity contribution < 1.29 is 13.2 Å². The van der Waals surface area contributed by atoms with Crippen molar-refractivity contribution in [1.82, 2.24) is 24.6 Å². The van der Waals surface area contributed by atoms with Gasteiger partial charge in [-0.05, 0) is 69.1 Å². The molecule has 1 aliphatic rings. The van der Waals surface area contributed by atoms with Crippen LogP contribution in [0.2, 0.25) is 0 Å². The first-order valence-electron chi connectivity index (χ1n) is 12.6. The van der Waals surface area contributed by atoms with Crippen LogP contribution >= 0.6 is 0 Å². The van der Waals surface area contributed by atoms with Gasteiger partial charge in [0.1, 0.15) is 10.6 Å². The zero-order valence-electron chi connectivity index (χ0n) is 22.0. The predicted molar refractivity (Wildman–Crippen MR) is 147 cm³/mol. The van der Waals surface area contributed by atoms with Crippen molar-refractivity contribution in [2.45, 2.75) is 44.0 Å². The van der Waals surface area contributed by atoms with Gasteiger partial charge in [-0.1, -0.05) is 36.8 Å². The molecule has 10 heteroatoms. The third-order valence-electron chi connectivity index (χ3n) is 6.89. The Morgan fingerprint density at radius 3 is 2.47 bits per heavy atom. The topological polar surface area (TPSA) is 102 Å². The van der Waals surface area contributed by atoms with E-state index in [1.807, 2.05) is 50.2 Å². The Hall–Kier alpha value is -3.76. The standard InChI is InChI=1S/C28H32N6O3S/c1-19-9-7-10-20(2)27(19)24-16-26(31-28(30-24)32-38(35,36)23-17-29-34(4)18-23)37-22-12-8-11-21(15-22)25-13-5-6-14-33(25)3/h7-12,15-18,25H,5-6,13-14H2,1-4H3,(H,30,31,32). The molecule has 38 heavy (non-hydrogen) atoms. The van der Waals surface area contributed by atoms with Gasteiger partial charge in [0.05, 0.1) is 11.9 Å². The molecule has 1 atom stereocenters. The van der Waals surface area contributed by atoms with Crippen LogP contribution in [0.15, 0.2) is 65.8 Å². The Kier molecular flexibility index (Phi) is 7.18. The third kappa shape index (κ3) is 5.56. The molecule has 1 saturated heterocycles. The van der Waals surface area contributed by atoms with Gasteiger partial charge in [0.15, 0.2) is 0 Å². The summed E-state index contributed by atoms with van der Waals surface area (Å²) in [7, 11) is -0.141. The second-order valence-electron chi connectivity index (χ2n) is 9.80. The molecule has 0 spiro atoms. The SMILES string of the molecule is Cc1cccc(C)c1-c1cc(Oc2cccc(C3CCCCN3C)c2)nc(NS(=O)(=O)c2cnn(C)c2)n1. The smallest absolute Gasteiger partial charge is 0.267 e. The highest BCUT2D eigenvalue weighted by atomic mass is 32.2. The fourth-order valence-electron chi connectivity index (χ4n) is 4.99. The molecule has 0 saturated carbocycles. The van der Waals surface area contributed by atoms with Crippen molar-refractivity contribution in [2.24, 2.45) is 7.05 Å². The van der Waals surface area contributed by atoms with Crippen LogP contribution in [0.25, 0.3) is 11.3 Å². The number of rotatable bonds is 7. The minimum Gasteiger partial charge on any atom is -0.439 e. The first-order chi connectivity index (χ1) is 18.2. The van der Waals surface area contributed by atoms with Gasteiger partial charge in [0, 0.05) is 30.9 Å². The maximum atomic E-state index is 13.0. The highest BCUT2D eigenvalue weighted by Crippen LogP contribution is 2.34. The Labute approximate surface area is 223 Å². The number of anilines is 1. The normalized spacial score (nSPS) is 16.4. The van der Waals surface area contributed by atoms with Crippen LogP contribution < -0.4 is 9.46 Å². The molecule has 2 aromatic carbocycles. The molecule has 0 radical (unpaired) electrons. The minimum absolute atomic E-state index is 0.0212. The first kappa shape index (κ1) is 25.9. The maximum absolute atomic E-state index is 13.0. The number of nitrogens with one attached hydrogen (secondary N) is 1. The van der Waals surface area contributed by atoms with Gasteiger partial charge in [0.2, 0.25) is 11.8 Å². The second-order valence-corrected chi connectivity index (χ2v) is 11.5. The summed E-state index contributed by atoms with van der Waals surface area (Å²) >= 11 is 0. The largest absolute Gasteiger partial charge is 0.439 e. The average molecular weight is 533 g/mol. The Bertz CT molecular complexity index is 1550. The lowest BCUT2D eigenvalue weighted by atomic mass is 9.96. The molecular weight excluding hydrogens is 500 g/mol. The summed E-state index contributed by atoms with van der Waals surface area (Å²) in [6.45, 7) is 5.06. The van der Waals surface area contributed by atoms with Crippen LogP contribution in [0, 0.1) is 13.8 Å². The molecule has 1 aliphatic heterocycles. The van der Waals surface area contributed by atoms with Gasteiger partial charge in [0.25, 0.3) is 10.0 Å². The zero-order chi connectivity index (χ0) is 26.9. The molecule has 0 amide bonds. The summed E-state index contributed by atoms with van der Waals surface area (Å²) in [4.78, 5) is 11.4. The van der Waals surface area contributed by atoms with Gasteiger partial charge in [-0.25, -0.2) is 18.1 Å². The number of likely N-dealkylation sites (tertiary alicyclic amines) is 1. The molecule has 4 aromatic rings. The lowest BCUT2D eigenvalue weighted by Crippen LogP contribution is -2.29. The Morgan fingerprint density at radius 1 is 1.00 bits per heavy atom. The van der Waals surface area contributed by atoms with E-state index in [1.165, 1.54) is 35.5 Å². The number of benzene rings is 2. The highest BCUT2D eigenvalue weighted by Gasteiger charge is 2.22. The van der Waals surface area contributed by atoms with E-state index < -0.39 is 10.0 Å². The van der Waals surface area contributed by atoms with E-state index in [2.05, 4.69) is 37.8 Å². The number of sulfonamides is 1. The molecule has 9 nitrogen and oxygen atoms in total. The second kappa shape index (κ2) is 10.5. The van der Waals surface area contributed by atoms with Crippen LogP contribution in [0.1, 0.15) is 42.0 Å². The van der Waals surface area contributed by atoms with Gasteiger partial charge < -0.3 is 4.74 Å². The summed E-state index contributed by atoms with van der Waals surface area (Å²) in [5, 5.41) is 3.97. The molecule has 1 fully saturated rings. The third-order valence-corrected chi connectivity index (χ3v) is 8.18. The fourth-order valence-corrected chi connectivity index (χ4v) is 5.92. The summed E-state index contributed by atoms with van der Waals surface area (Å²) in [5.41, 5.74) is 4.68. The van der Waals surface area contributed by atoms with Crippen molar-refractivity contribution in [2.75, 3.05) is 18.3 Å². The minimum atomic E-state index is -3.95. The number of piperidine rings is 1. The van der Waals surface area contributed by atoms with Gasteiger partial charge in [-0.15, -0.1) is 0 Å². The van der Waals surface area contributed by atoms with Crippen LogP contribution in [0.5, 0.6) is 11.6 Å². The summed E-state index contributed by atoms with van der Waals surface area (Å²) in [6.07, 6.45) is 6.21. The van der Waals surface area contributed by atoms with E-state index >= 15 is 0 Å². The summed E-state index contributed by atoms with van der Waals surface area (Å²) in [6, 6.07) is 16.1. The summed E-state index contributed by atoms with van der Waals surface area (Å²) < 4.78 is 36.2. The van der Waals surface area contributed by atoms with Crippen LogP contribution in [-0.2, 0) is 17.1 Å². The van der Waals surface area contributed by atoms with Crippen molar-refractivity contribution in [3.05, 3.63) is 77.6 Å². The molecule has 1 N–H and O–H groups in total. The molecule has 3 heterocycles. The Balaban J connectivity index is 1.53. The van der Waals surface area contributed by atoms with Crippen molar-refractivity contribution in [3.8, 4) is 22.9 Å². The molecule has 198 valence electrons. The molecule has 5 rings (SSSR count). The van der Waals surface area contributed by atoms with E-state index in [-0.39, 0.29) is 16.7 Å². The van der Waals surface area contributed by atoms with Gasteiger partial charge in [-0.2, -0.15) is 10.1 Å². The molecule has 0 aliphatic carbocycles. The van der Waals surface area contributed by atoms with Crippen molar-refractivity contribution in [1.29, 1.82) is 0 Å². The fraction of sp³-hybridized carbons (Fsp3) is 0.321.